The molecule has 3 heterocycles. The molecule has 3 amide bonds. The van der Waals surface area contributed by atoms with Gasteiger partial charge in [0.25, 0.3) is 0 Å². The predicted molar refractivity (Wildman–Crippen MR) is 144 cm³/mol. The van der Waals surface area contributed by atoms with E-state index < -0.39 is 6.04 Å². The smallest absolute Gasteiger partial charge is 0.319 e. The van der Waals surface area contributed by atoms with E-state index in [4.69, 9.17) is 23.2 Å². The van der Waals surface area contributed by atoms with Gasteiger partial charge in [0.05, 0.1) is 17.4 Å². The van der Waals surface area contributed by atoms with Gasteiger partial charge in [0.1, 0.15) is 23.0 Å². The van der Waals surface area contributed by atoms with Crippen LogP contribution in [0.1, 0.15) is 23.9 Å². The van der Waals surface area contributed by atoms with Crippen LogP contribution in [0.15, 0.2) is 67.0 Å². The lowest BCUT2D eigenvalue weighted by atomic mass is 10.1. The number of amides is 3. The van der Waals surface area contributed by atoms with Gasteiger partial charge in [0.15, 0.2) is 0 Å². The summed E-state index contributed by atoms with van der Waals surface area (Å²) in [5, 5.41) is 20.6. The highest BCUT2D eigenvalue weighted by atomic mass is 35.5. The van der Waals surface area contributed by atoms with Gasteiger partial charge in [0.2, 0.25) is 5.91 Å². The van der Waals surface area contributed by atoms with E-state index in [1.807, 2.05) is 18.2 Å². The normalized spacial score (nSPS) is 15.5. The topological polar surface area (TPSA) is 143 Å². The quantitative estimate of drug-likeness (QED) is 0.220. The summed E-state index contributed by atoms with van der Waals surface area (Å²) in [6, 6.07) is 11.5. The molecule has 2 bridgehead atoms. The standard InChI is InChI=1S/C25H21Cl2N9O2/c26-16-9-10-20(36-14-29-34-35-36)15(13-16)8-11-21(37)30-19-7-3-4-12-28-25(38)31-18-6-2-1-5-17(18)22-23(27)33-24(19)32-22/h1-6,8-11,13-14,19H,7,12H2,(H,30,37)(H,32,33)(H2,28,31,38). The number of aromatic nitrogens is 6. The van der Waals surface area contributed by atoms with Crippen molar-refractivity contribution in [1.82, 2.24) is 40.8 Å². The lowest BCUT2D eigenvalue weighted by Crippen LogP contribution is -2.29. The van der Waals surface area contributed by atoms with Gasteiger partial charge in [-0.05, 0) is 47.2 Å². The summed E-state index contributed by atoms with van der Waals surface area (Å²) in [6.45, 7) is 0.312. The molecule has 2 aromatic heterocycles. The van der Waals surface area contributed by atoms with E-state index in [1.165, 1.54) is 17.1 Å². The van der Waals surface area contributed by atoms with Crippen molar-refractivity contribution in [1.29, 1.82) is 0 Å². The summed E-state index contributed by atoms with van der Waals surface area (Å²) in [7, 11) is 0. The molecule has 1 atom stereocenters. The molecule has 0 fully saturated rings. The molecule has 4 N–H and O–H groups in total. The van der Waals surface area contributed by atoms with E-state index >= 15 is 0 Å². The number of imidazole rings is 1. The number of urea groups is 1. The molecule has 38 heavy (non-hydrogen) atoms. The van der Waals surface area contributed by atoms with Crippen LogP contribution < -0.4 is 16.0 Å². The van der Waals surface area contributed by atoms with Crippen molar-refractivity contribution >= 4 is 46.9 Å². The number of fused-ring (bicyclic) bond motifs is 4. The Hall–Kier alpha value is -4.48. The molecule has 1 aliphatic heterocycles. The zero-order chi connectivity index (χ0) is 26.5. The summed E-state index contributed by atoms with van der Waals surface area (Å²) in [5.41, 5.74) is 2.96. The van der Waals surface area contributed by atoms with E-state index in [2.05, 4.69) is 41.4 Å². The number of anilines is 1. The summed E-state index contributed by atoms with van der Waals surface area (Å²) >= 11 is 12.7. The van der Waals surface area contributed by atoms with Gasteiger partial charge in [-0.3, -0.25) is 4.79 Å². The van der Waals surface area contributed by atoms with E-state index in [-0.39, 0.29) is 17.1 Å². The van der Waals surface area contributed by atoms with E-state index in [1.54, 1.807) is 42.5 Å². The molecule has 192 valence electrons. The minimum absolute atomic E-state index is 0.287. The summed E-state index contributed by atoms with van der Waals surface area (Å²) < 4.78 is 1.48. The van der Waals surface area contributed by atoms with Gasteiger partial charge in [-0.1, -0.05) is 53.6 Å². The first-order valence-electron chi connectivity index (χ1n) is 11.5. The number of halogens is 2. The number of carbonyl (C=O) groups is 2. The van der Waals surface area contributed by atoms with Gasteiger partial charge in [-0.15, -0.1) is 5.10 Å². The highest BCUT2D eigenvalue weighted by molar-refractivity contribution is 6.32. The van der Waals surface area contributed by atoms with Crippen molar-refractivity contribution in [3.63, 3.8) is 0 Å². The number of para-hydroxylation sites is 1. The van der Waals surface area contributed by atoms with Crippen molar-refractivity contribution in [2.45, 2.75) is 12.5 Å². The molecule has 11 nitrogen and oxygen atoms in total. The Bertz CT molecular complexity index is 1530. The highest BCUT2D eigenvalue weighted by Crippen LogP contribution is 2.33. The summed E-state index contributed by atoms with van der Waals surface area (Å²) in [5.74, 6) is 0.113. The minimum Gasteiger partial charge on any atom is -0.342 e. The Balaban J connectivity index is 1.42. The fourth-order valence-electron chi connectivity index (χ4n) is 3.91. The van der Waals surface area contributed by atoms with Crippen LogP contribution in [0.2, 0.25) is 10.2 Å². The molecule has 1 unspecified atom stereocenters. The first kappa shape index (κ1) is 25.2. The first-order chi connectivity index (χ1) is 18.5. The SMILES string of the molecule is O=C(C=Cc1cc(Cl)ccc1-n1cnnn1)NC1CC=CCNC(=O)Nc2ccccc2-c2nc1[nH]c2Cl. The number of nitrogens with one attached hydrogen (secondary N) is 4. The number of aromatic amines is 1. The van der Waals surface area contributed by atoms with Crippen LogP contribution in [0, 0.1) is 0 Å². The van der Waals surface area contributed by atoms with Gasteiger partial charge < -0.3 is 20.9 Å². The van der Waals surface area contributed by atoms with Crippen molar-refractivity contribution < 1.29 is 9.59 Å². The Kier molecular flexibility index (Phi) is 7.47. The van der Waals surface area contributed by atoms with Gasteiger partial charge in [-0.25, -0.2) is 9.78 Å². The fourth-order valence-corrected chi connectivity index (χ4v) is 4.33. The maximum atomic E-state index is 13.0. The average molecular weight is 550 g/mol. The zero-order valence-electron chi connectivity index (χ0n) is 19.7. The lowest BCUT2D eigenvalue weighted by Gasteiger charge is -2.14. The van der Waals surface area contributed by atoms with Crippen LogP contribution in [0.4, 0.5) is 10.5 Å². The molecule has 1 aliphatic rings. The van der Waals surface area contributed by atoms with Crippen molar-refractivity contribution in [3.8, 4) is 16.9 Å². The molecule has 13 heteroatoms. The summed E-state index contributed by atoms with van der Waals surface area (Å²) in [6.07, 6.45) is 8.53. The minimum atomic E-state index is -0.524. The van der Waals surface area contributed by atoms with Crippen LogP contribution in [-0.4, -0.2) is 48.7 Å². The molecular formula is C25H21Cl2N9O2. The number of tetrazole rings is 1. The second kappa shape index (κ2) is 11.3. The van der Waals surface area contributed by atoms with Crippen LogP contribution in [0.25, 0.3) is 23.0 Å². The number of H-pyrrole nitrogens is 1. The number of rotatable bonds is 4. The number of nitrogens with zero attached hydrogens (tertiary/aromatic N) is 5. The van der Waals surface area contributed by atoms with E-state index in [0.29, 0.717) is 52.0 Å². The van der Waals surface area contributed by atoms with Gasteiger partial charge >= 0.3 is 6.03 Å². The molecular weight excluding hydrogens is 529 g/mol. The second-order valence-electron chi connectivity index (χ2n) is 8.22. The van der Waals surface area contributed by atoms with E-state index in [9.17, 15) is 9.59 Å². The van der Waals surface area contributed by atoms with Gasteiger partial charge in [-0.2, -0.15) is 4.68 Å². The molecule has 0 spiro atoms. The maximum absolute atomic E-state index is 13.0. The van der Waals surface area contributed by atoms with Gasteiger partial charge in [0, 0.05) is 28.8 Å². The van der Waals surface area contributed by atoms with Crippen molar-refractivity contribution in [3.05, 3.63) is 88.6 Å². The average Bonchev–Trinajstić information content (AvgIpc) is 3.57. The fraction of sp³-hybridized carbons (Fsp3) is 0.120. The molecule has 0 saturated carbocycles. The van der Waals surface area contributed by atoms with Crippen LogP contribution >= 0.6 is 23.2 Å². The number of carbonyl (C=O) groups excluding carboxylic acids is 2. The summed E-state index contributed by atoms with van der Waals surface area (Å²) in [4.78, 5) is 33.1. The highest BCUT2D eigenvalue weighted by Gasteiger charge is 2.21. The predicted octanol–water partition coefficient (Wildman–Crippen LogP) is 4.31. The number of hydrogen-bond donors (Lipinski definition) is 4. The lowest BCUT2D eigenvalue weighted by molar-refractivity contribution is -0.117. The molecule has 0 radical (unpaired) electrons. The van der Waals surface area contributed by atoms with Crippen LogP contribution in [-0.2, 0) is 4.79 Å². The molecule has 5 rings (SSSR count). The zero-order valence-corrected chi connectivity index (χ0v) is 21.2. The molecule has 4 aromatic rings. The third-order valence-electron chi connectivity index (χ3n) is 5.67. The monoisotopic (exact) mass is 549 g/mol. The Morgan fingerprint density at radius 2 is 2.03 bits per heavy atom. The third kappa shape index (κ3) is 5.74. The van der Waals surface area contributed by atoms with E-state index in [0.717, 1.165) is 0 Å². The van der Waals surface area contributed by atoms with Crippen LogP contribution in [0.3, 0.4) is 0 Å². The third-order valence-corrected chi connectivity index (χ3v) is 6.18. The first-order valence-corrected chi connectivity index (χ1v) is 12.3. The Morgan fingerprint density at radius 1 is 1.16 bits per heavy atom. The van der Waals surface area contributed by atoms with Crippen molar-refractivity contribution in [2.24, 2.45) is 0 Å². The number of benzene rings is 2. The van der Waals surface area contributed by atoms with Crippen LogP contribution in [0.5, 0.6) is 0 Å². The number of hydrogen-bond acceptors (Lipinski definition) is 6. The Labute approximate surface area is 226 Å². The Morgan fingerprint density at radius 3 is 2.87 bits per heavy atom. The maximum Gasteiger partial charge on any atom is 0.319 e. The second-order valence-corrected chi connectivity index (χ2v) is 9.04. The molecule has 0 saturated heterocycles. The van der Waals surface area contributed by atoms with Crippen molar-refractivity contribution in [2.75, 3.05) is 11.9 Å². The molecule has 2 aromatic carbocycles. The largest absolute Gasteiger partial charge is 0.342 e. The molecule has 0 aliphatic carbocycles.